The van der Waals surface area contributed by atoms with E-state index < -0.39 is 33.4 Å². The Balaban J connectivity index is 1.62. The molecular weight excluding hydrogens is 414 g/mol. The van der Waals surface area contributed by atoms with E-state index in [4.69, 9.17) is 4.74 Å². The van der Waals surface area contributed by atoms with Crippen molar-refractivity contribution < 1.29 is 27.7 Å². The number of ether oxygens (including phenoxy) is 1. The third kappa shape index (κ3) is 4.74. The predicted octanol–water partition coefficient (Wildman–Crippen LogP) is 2.24. The second kappa shape index (κ2) is 8.49. The minimum atomic E-state index is -3.39. The summed E-state index contributed by atoms with van der Waals surface area (Å²) in [6.45, 7) is 1.31. The Hall–Kier alpha value is -3.47. The molecule has 2 aromatic carbocycles. The molecule has 0 saturated carbocycles. The third-order valence-electron chi connectivity index (χ3n) is 4.49. The number of amides is 1. The number of anilines is 2. The molecule has 2 aromatic rings. The van der Waals surface area contributed by atoms with E-state index in [0.29, 0.717) is 24.2 Å². The van der Waals surface area contributed by atoms with Gasteiger partial charge in [0.15, 0.2) is 6.61 Å². The van der Waals surface area contributed by atoms with Gasteiger partial charge in [0.1, 0.15) is 0 Å². The molecule has 0 aliphatic carbocycles. The van der Waals surface area contributed by atoms with Crippen LogP contribution in [0.1, 0.15) is 22.3 Å². The number of carbonyl (C=O) groups is 2. The number of nitrogens with zero attached hydrogens (tertiary/aromatic N) is 2. The van der Waals surface area contributed by atoms with E-state index in [1.807, 2.05) is 0 Å². The molecule has 0 aromatic heterocycles. The van der Waals surface area contributed by atoms with Crippen molar-refractivity contribution in [1.82, 2.24) is 0 Å². The van der Waals surface area contributed by atoms with E-state index in [2.05, 4.69) is 5.32 Å². The molecule has 10 nitrogen and oxygen atoms in total. The number of rotatable bonds is 6. The molecule has 1 aliphatic heterocycles. The Bertz CT molecular complexity index is 1110. The molecular formula is C19H19N3O7S. The number of nitro groups is 1. The van der Waals surface area contributed by atoms with E-state index in [-0.39, 0.29) is 22.7 Å². The summed E-state index contributed by atoms with van der Waals surface area (Å²) < 4.78 is 30.3. The van der Waals surface area contributed by atoms with Gasteiger partial charge in [0.25, 0.3) is 11.6 Å². The fraction of sp³-hybridized carbons (Fsp3) is 0.263. The van der Waals surface area contributed by atoms with E-state index in [1.54, 1.807) is 13.0 Å². The van der Waals surface area contributed by atoms with Gasteiger partial charge in [-0.3, -0.25) is 19.2 Å². The summed E-state index contributed by atoms with van der Waals surface area (Å²) in [5, 5.41) is 13.4. The quantitative estimate of drug-likeness (QED) is 0.419. The van der Waals surface area contributed by atoms with E-state index in [0.717, 1.165) is 0 Å². The zero-order valence-electron chi connectivity index (χ0n) is 16.0. The van der Waals surface area contributed by atoms with Crippen molar-refractivity contribution >= 4 is 39.0 Å². The Morgan fingerprint density at radius 2 is 2.00 bits per heavy atom. The average Bonchev–Trinajstić information content (AvgIpc) is 3.06. The number of aryl methyl sites for hydroxylation is 1. The maximum absolute atomic E-state index is 12.3. The van der Waals surface area contributed by atoms with Crippen LogP contribution in [0.5, 0.6) is 0 Å². The number of esters is 1. The van der Waals surface area contributed by atoms with Gasteiger partial charge in [0.2, 0.25) is 10.0 Å². The molecule has 1 fully saturated rings. The van der Waals surface area contributed by atoms with Crippen LogP contribution in [0.2, 0.25) is 0 Å². The van der Waals surface area contributed by atoms with Crippen LogP contribution in [-0.4, -0.2) is 44.1 Å². The Labute approximate surface area is 172 Å². The summed E-state index contributed by atoms with van der Waals surface area (Å²) in [6, 6.07) is 10.2. The number of hydrogen-bond acceptors (Lipinski definition) is 7. The summed E-state index contributed by atoms with van der Waals surface area (Å²) in [5.74, 6) is -1.41. The van der Waals surface area contributed by atoms with Crippen molar-refractivity contribution in [3.05, 3.63) is 63.7 Å². The standard InChI is InChI=1S/C19H19N3O7S/c1-13-6-7-15(11-17(13)22(25)26)20-18(23)12-29-19(24)14-4-2-5-16(10-14)21-8-3-9-30(21,27)28/h2,4-7,10-11H,3,8-9,12H2,1H3,(H,20,23). The van der Waals surface area contributed by atoms with Gasteiger partial charge in [-0.15, -0.1) is 0 Å². The Morgan fingerprint density at radius 3 is 2.67 bits per heavy atom. The van der Waals surface area contributed by atoms with Crippen LogP contribution in [0.15, 0.2) is 42.5 Å². The summed E-state index contributed by atoms with van der Waals surface area (Å²) in [4.78, 5) is 34.7. The molecule has 0 spiro atoms. The smallest absolute Gasteiger partial charge is 0.338 e. The summed E-state index contributed by atoms with van der Waals surface area (Å²) >= 11 is 0. The maximum Gasteiger partial charge on any atom is 0.338 e. The zero-order valence-corrected chi connectivity index (χ0v) is 16.8. The number of hydrogen-bond donors (Lipinski definition) is 1. The zero-order chi connectivity index (χ0) is 21.9. The Kier molecular flexibility index (Phi) is 6.01. The molecule has 1 amide bonds. The normalized spacial score (nSPS) is 14.9. The number of carbonyl (C=O) groups excluding carboxylic acids is 2. The lowest BCUT2D eigenvalue weighted by Gasteiger charge is -2.17. The van der Waals surface area contributed by atoms with Crippen LogP contribution in [0, 0.1) is 17.0 Å². The molecule has 1 heterocycles. The lowest BCUT2D eigenvalue weighted by molar-refractivity contribution is -0.385. The van der Waals surface area contributed by atoms with Crippen LogP contribution < -0.4 is 9.62 Å². The first kappa shape index (κ1) is 21.2. The number of benzene rings is 2. The fourth-order valence-electron chi connectivity index (χ4n) is 3.01. The van der Waals surface area contributed by atoms with E-state index in [1.165, 1.54) is 40.7 Å². The molecule has 1 N–H and O–H groups in total. The second-order valence-electron chi connectivity index (χ2n) is 6.67. The fourth-order valence-corrected chi connectivity index (χ4v) is 4.57. The largest absolute Gasteiger partial charge is 0.452 e. The van der Waals surface area contributed by atoms with E-state index in [9.17, 15) is 28.1 Å². The molecule has 0 radical (unpaired) electrons. The van der Waals surface area contributed by atoms with Crippen molar-refractivity contribution in [2.24, 2.45) is 0 Å². The van der Waals surface area contributed by atoms with Gasteiger partial charge in [-0.2, -0.15) is 0 Å². The third-order valence-corrected chi connectivity index (χ3v) is 6.36. The molecule has 30 heavy (non-hydrogen) atoms. The average molecular weight is 433 g/mol. The van der Waals surface area contributed by atoms with Crippen LogP contribution in [0.4, 0.5) is 17.1 Å². The van der Waals surface area contributed by atoms with Gasteiger partial charge in [0, 0.05) is 23.9 Å². The molecule has 0 unspecified atom stereocenters. The summed E-state index contributed by atoms with van der Waals surface area (Å²) in [5.41, 5.74) is 0.976. The molecule has 1 saturated heterocycles. The van der Waals surface area contributed by atoms with Crippen LogP contribution in [0.25, 0.3) is 0 Å². The first-order valence-electron chi connectivity index (χ1n) is 9.00. The molecule has 0 bridgehead atoms. The van der Waals surface area contributed by atoms with Gasteiger partial charge in [-0.05, 0) is 37.6 Å². The highest BCUT2D eigenvalue weighted by molar-refractivity contribution is 7.93. The van der Waals surface area contributed by atoms with Gasteiger partial charge in [-0.25, -0.2) is 13.2 Å². The van der Waals surface area contributed by atoms with E-state index >= 15 is 0 Å². The SMILES string of the molecule is Cc1ccc(NC(=O)COC(=O)c2cccc(N3CCCS3(=O)=O)c2)cc1[N+](=O)[O-]. The molecule has 3 rings (SSSR count). The first-order valence-corrected chi connectivity index (χ1v) is 10.6. The maximum atomic E-state index is 12.3. The van der Waals surface area contributed by atoms with Crippen molar-refractivity contribution in [3.8, 4) is 0 Å². The number of nitro benzene ring substituents is 1. The molecule has 158 valence electrons. The van der Waals surface area contributed by atoms with Gasteiger partial charge < -0.3 is 10.1 Å². The highest BCUT2D eigenvalue weighted by Crippen LogP contribution is 2.25. The number of nitrogens with one attached hydrogen (secondary N) is 1. The molecule has 0 atom stereocenters. The van der Waals surface area contributed by atoms with Crippen molar-refractivity contribution in [1.29, 1.82) is 0 Å². The second-order valence-corrected chi connectivity index (χ2v) is 8.69. The minimum absolute atomic E-state index is 0.0546. The van der Waals surface area contributed by atoms with Crippen LogP contribution >= 0.6 is 0 Å². The Morgan fingerprint density at radius 1 is 1.23 bits per heavy atom. The lowest BCUT2D eigenvalue weighted by atomic mass is 10.2. The number of sulfonamides is 1. The summed E-state index contributed by atoms with van der Waals surface area (Å²) in [6.07, 6.45) is 0.508. The predicted molar refractivity (Wildman–Crippen MR) is 109 cm³/mol. The topological polar surface area (TPSA) is 136 Å². The molecule has 11 heteroatoms. The minimum Gasteiger partial charge on any atom is -0.452 e. The first-order chi connectivity index (χ1) is 14.2. The van der Waals surface area contributed by atoms with Gasteiger partial charge in [0.05, 0.1) is 21.9 Å². The van der Waals surface area contributed by atoms with Crippen molar-refractivity contribution in [3.63, 3.8) is 0 Å². The monoisotopic (exact) mass is 433 g/mol. The van der Waals surface area contributed by atoms with Gasteiger partial charge >= 0.3 is 5.97 Å². The van der Waals surface area contributed by atoms with Crippen LogP contribution in [0.3, 0.4) is 0 Å². The van der Waals surface area contributed by atoms with Crippen molar-refractivity contribution in [2.45, 2.75) is 13.3 Å². The highest BCUT2D eigenvalue weighted by atomic mass is 32.2. The highest BCUT2D eigenvalue weighted by Gasteiger charge is 2.28. The molecule has 1 aliphatic rings. The van der Waals surface area contributed by atoms with Crippen molar-refractivity contribution in [2.75, 3.05) is 28.5 Å². The van der Waals surface area contributed by atoms with Gasteiger partial charge in [-0.1, -0.05) is 12.1 Å². The van der Waals surface area contributed by atoms with Crippen LogP contribution in [-0.2, 0) is 19.6 Å². The summed E-state index contributed by atoms with van der Waals surface area (Å²) in [7, 11) is -3.39. The lowest BCUT2D eigenvalue weighted by Crippen LogP contribution is -2.25.